The lowest BCUT2D eigenvalue weighted by atomic mass is 10.3. The average molecular weight is 323 g/mol. The summed E-state index contributed by atoms with van der Waals surface area (Å²) in [5.41, 5.74) is 0. The van der Waals surface area contributed by atoms with E-state index in [9.17, 15) is 14.9 Å². The second-order valence-electron chi connectivity index (χ2n) is 4.66. The Morgan fingerprint density at radius 1 is 1.41 bits per heavy atom. The van der Waals surface area contributed by atoms with Gasteiger partial charge in [-0.25, -0.2) is 0 Å². The van der Waals surface area contributed by atoms with Crippen molar-refractivity contribution < 1.29 is 14.1 Å². The molecule has 0 spiro atoms. The van der Waals surface area contributed by atoms with E-state index in [1.54, 1.807) is 4.90 Å². The number of hydrogen-bond donors (Lipinski definition) is 0. The van der Waals surface area contributed by atoms with Crippen LogP contribution in [0, 0.1) is 10.1 Å². The lowest BCUT2D eigenvalue weighted by Crippen LogP contribution is -2.30. The Bertz CT molecular complexity index is 636. The fourth-order valence-electron chi connectivity index (χ4n) is 1.90. The molecule has 22 heavy (non-hydrogen) atoms. The predicted molar refractivity (Wildman–Crippen MR) is 85.5 cm³/mol. The number of furan rings is 1. The van der Waals surface area contributed by atoms with Crippen molar-refractivity contribution in [2.75, 3.05) is 13.1 Å². The van der Waals surface area contributed by atoms with Crippen LogP contribution in [0.3, 0.4) is 0 Å². The maximum atomic E-state index is 12.4. The average Bonchev–Trinajstić information content (AvgIpc) is 3.06. The third-order valence-electron chi connectivity index (χ3n) is 2.87. The molecule has 0 aliphatic carbocycles. The molecule has 0 N–H and O–H groups in total. The van der Waals surface area contributed by atoms with Crippen LogP contribution in [-0.2, 0) is 4.79 Å². The molecule has 1 fully saturated rings. The SMILES string of the molecule is CCCN=C1S/C(=C/c2ccc([N+](=O)[O-])o2)C(=O)N1CCC. The molecule has 1 saturated heterocycles. The van der Waals surface area contributed by atoms with Crippen LogP contribution in [0.2, 0.25) is 0 Å². The summed E-state index contributed by atoms with van der Waals surface area (Å²) >= 11 is 1.28. The van der Waals surface area contributed by atoms with Gasteiger partial charge >= 0.3 is 5.88 Å². The number of carbonyl (C=O) groups excluding carboxylic acids is 1. The van der Waals surface area contributed by atoms with Gasteiger partial charge in [0.05, 0.1) is 11.0 Å². The van der Waals surface area contributed by atoms with E-state index in [0.717, 1.165) is 12.8 Å². The lowest BCUT2D eigenvalue weighted by Gasteiger charge is -2.13. The van der Waals surface area contributed by atoms with Crippen molar-refractivity contribution in [2.45, 2.75) is 26.7 Å². The van der Waals surface area contributed by atoms with E-state index in [2.05, 4.69) is 4.99 Å². The van der Waals surface area contributed by atoms with E-state index in [1.807, 2.05) is 13.8 Å². The van der Waals surface area contributed by atoms with E-state index in [0.29, 0.717) is 23.2 Å². The van der Waals surface area contributed by atoms with Gasteiger partial charge in [-0.05, 0) is 30.7 Å². The van der Waals surface area contributed by atoms with E-state index in [4.69, 9.17) is 4.42 Å². The van der Waals surface area contributed by atoms with E-state index in [1.165, 1.54) is 30.0 Å². The fraction of sp³-hybridized carbons (Fsp3) is 0.429. The van der Waals surface area contributed by atoms with Gasteiger partial charge < -0.3 is 4.42 Å². The van der Waals surface area contributed by atoms with Crippen molar-refractivity contribution in [1.82, 2.24) is 4.90 Å². The number of amidine groups is 1. The largest absolute Gasteiger partial charge is 0.433 e. The van der Waals surface area contributed by atoms with Gasteiger partial charge in [0.2, 0.25) is 0 Å². The maximum Gasteiger partial charge on any atom is 0.433 e. The topological polar surface area (TPSA) is 89.0 Å². The third-order valence-corrected chi connectivity index (χ3v) is 3.92. The van der Waals surface area contributed by atoms with Crippen molar-refractivity contribution in [3.05, 3.63) is 32.9 Å². The number of aliphatic imine (C=N–C) groups is 1. The van der Waals surface area contributed by atoms with Crippen LogP contribution in [0.15, 0.2) is 26.4 Å². The molecule has 2 rings (SSSR count). The van der Waals surface area contributed by atoms with E-state index < -0.39 is 4.92 Å². The van der Waals surface area contributed by atoms with Gasteiger partial charge in [-0.3, -0.25) is 24.8 Å². The first-order chi connectivity index (χ1) is 10.6. The molecule has 8 heteroatoms. The Labute approximate surface area is 132 Å². The van der Waals surface area contributed by atoms with Crippen LogP contribution in [0.1, 0.15) is 32.4 Å². The summed E-state index contributed by atoms with van der Waals surface area (Å²) in [5.74, 6) is -0.191. The van der Waals surface area contributed by atoms with Gasteiger partial charge in [-0.1, -0.05) is 13.8 Å². The molecular weight excluding hydrogens is 306 g/mol. The Balaban J connectivity index is 2.25. The number of nitrogens with zero attached hydrogens (tertiary/aromatic N) is 3. The van der Waals surface area contributed by atoms with Gasteiger partial charge in [0.15, 0.2) is 5.17 Å². The number of carbonyl (C=O) groups is 1. The molecule has 118 valence electrons. The van der Waals surface area contributed by atoms with Gasteiger partial charge in [-0.2, -0.15) is 0 Å². The Morgan fingerprint density at radius 2 is 2.18 bits per heavy atom. The second kappa shape index (κ2) is 7.26. The zero-order chi connectivity index (χ0) is 16.1. The highest BCUT2D eigenvalue weighted by molar-refractivity contribution is 8.18. The first-order valence-corrected chi connectivity index (χ1v) is 7.88. The molecule has 1 aromatic heterocycles. The highest BCUT2D eigenvalue weighted by Gasteiger charge is 2.32. The third kappa shape index (κ3) is 3.56. The minimum absolute atomic E-state index is 0.138. The molecule has 0 atom stereocenters. The highest BCUT2D eigenvalue weighted by atomic mass is 32.2. The number of nitro groups is 1. The molecule has 1 aliphatic heterocycles. The molecule has 1 aromatic rings. The minimum atomic E-state index is -0.608. The van der Waals surface area contributed by atoms with Crippen LogP contribution in [0.5, 0.6) is 0 Å². The van der Waals surface area contributed by atoms with Crippen LogP contribution < -0.4 is 0 Å². The first kappa shape index (κ1) is 16.3. The number of amides is 1. The Hall–Kier alpha value is -2.09. The highest BCUT2D eigenvalue weighted by Crippen LogP contribution is 2.33. The van der Waals surface area contributed by atoms with E-state index in [-0.39, 0.29) is 17.6 Å². The molecule has 0 unspecified atom stereocenters. The van der Waals surface area contributed by atoms with Crippen molar-refractivity contribution >= 4 is 34.8 Å². The summed E-state index contributed by atoms with van der Waals surface area (Å²) in [6.07, 6.45) is 3.26. The van der Waals surface area contributed by atoms with Crippen LogP contribution in [0.25, 0.3) is 6.08 Å². The number of thioether (sulfide) groups is 1. The monoisotopic (exact) mass is 323 g/mol. The lowest BCUT2D eigenvalue weighted by molar-refractivity contribution is -0.402. The quantitative estimate of drug-likeness (QED) is 0.455. The Morgan fingerprint density at radius 3 is 2.77 bits per heavy atom. The summed E-state index contributed by atoms with van der Waals surface area (Å²) in [4.78, 5) is 28.9. The van der Waals surface area contributed by atoms with Gasteiger partial charge in [0, 0.05) is 19.2 Å². The first-order valence-electron chi connectivity index (χ1n) is 7.06. The fourth-order valence-corrected chi connectivity index (χ4v) is 2.91. The van der Waals surface area contributed by atoms with Crippen LogP contribution >= 0.6 is 11.8 Å². The Kier molecular flexibility index (Phi) is 5.37. The summed E-state index contributed by atoms with van der Waals surface area (Å²) in [7, 11) is 0. The molecule has 0 bridgehead atoms. The molecule has 7 nitrogen and oxygen atoms in total. The van der Waals surface area contributed by atoms with E-state index >= 15 is 0 Å². The summed E-state index contributed by atoms with van der Waals surface area (Å²) in [6, 6.07) is 2.75. The van der Waals surface area contributed by atoms with Crippen LogP contribution in [-0.4, -0.2) is 34.0 Å². The number of hydrogen-bond acceptors (Lipinski definition) is 6. The molecule has 0 saturated carbocycles. The molecular formula is C14H17N3O4S. The number of rotatable bonds is 6. The van der Waals surface area contributed by atoms with Crippen LogP contribution in [0.4, 0.5) is 5.88 Å². The van der Waals surface area contributed by atoms with Gasteiger partial charge in [-0.15, -0.1) is 0 Å². The zero-order valence-electron chi connectivity index (χ0n) is 12.4. The minimum Gasteiger partial charge on any atom is -0.401 e. The predicted octanol–water partition coefficient (Wildman–Crippen LogP) is 3.28. The standard InChI is InChI=1S/C14H17N3O4S/c1-3-7-15-14-16(8-4-2)13(18)11(22-14)9-10-5-6-12(21-10)17(19)20/h5-6,9H,3-4,7-8H2,1-2H3/b11-9+,15-14?. The van der Waals surface area contributed by atoms with Gasteiger partial charge in [0.25, 0.3) is 5.91 Å². The van der Waals surface area contributed by atoms with Gasteiger partial charge in [0.1, 0.15) is 10.7 Å². The normalized spacial score (nSPS) is 18.6. The molecule has 1 amide bonds. The van der Waals surface area contributed by atoms with Crippen molar-refractivity contribution in [3.8, 4) is 0 Å². The molecule has 0 radical (unpaired) electrons. The molecule has 2 heterocycles. The summed E-state index contributed by atoms with van der Waals surface area (Å²) < 4.78 is 5.07. The second-order valence-corrected chi connectivity index (χ2v) is 5.67. The molecule has 0 aromatic carbocycles. The maximum absolute atomic E-state index is 12.4. The smallest absolute Gasteiger partial charge is 0.401 e. The summed E-state index contributed by atoms with van der Waals surface area (Å²) in [5, 5.41) is 11.3. The van der Waals surface area contributed by atoms with Crippen molar-refractivity contribution in [2.24, 2.45) is 4.99 Å². The summed E-state index contributed by atoms with van der Waals surface area (Å²) in [6.45, 7) is 5.28. The van der Waals surface area contributed by atoms with Crippen molar-refractivity contribution in [1.29, 1.82) is 0 Å². The zero-order valence-corrected chi connectivity index (χ0v) is 13.3. The van der Waals surface area contributed by atoms with Crippen molar-refractivity contribution in [3.63, 3.8) is 0 Å². The molecule has 1 aliphatic rings.